The van der Waals surface area contributed by atoms with Crippen LogP contribution in [-0.2, 0) is 28.7 Å². The number of carbonyl (C=O) groups is 5. The molecule has 0 rings (SSSR count). The van der Waals surface area contributed by atoms with Gasteiger partial charge in [0.25, 0.3) is 0 Å². The summed E-state index contributed by atoms with van der Waals surface area (Å²) < 4.78 is 8.71. The van der Waals surface area contributed by atoms with Crippen LogP contribution >= 0.6 is 0 Å². The quantitative estimate of drug-likeness (QED) is 0.379. The number of hydrogen-bond acceptors (Lipinski definition) is 7. The maximum absolute atomic E-state index is 11.1. The fraction of sp³-hybridized carbons (Fsp3) is 0.545. The van der Waals surface area contributed by atoms with Gasteiger partial charge >= 0.3 is 30.0 Å². The standard InChI is InChI=1S/C11H14O11/c12-7(13)1-5(9(16)17)3-21-11(20)22-4-6(10(18)19)2-8(14)15/h5-6H,1-4H2,(H,12,13)(H,14,15)(H,16,17)(H,18,19). The number of aliphatic carboxylic acids is 4. The molecule has 0 aliphatic heterocycles. The molecule has 0 aliphatic carbocycles. The van der Waals surface area contributed by atoms with E-state index in [4.69, 9.17) is 20.4 Å². The Morgan fingerprint density at radius 1 is 0.682 bits per heavy atom. The van der Waals surface area contributed by atoms with Crippen LogP contribution in [0.15, 0.2) is 0 Å². The lowest BCUT2D eigenvalue weighted by Crippen LogP contribution is -2.27. The number of hydrogen-bond donors (Lipinski definition) is 4. The van der Waals surface area contributed by atoms with E-state index in [0.29, 0.717) is 0 Å². The van der Waals surface area contributed by atoms with E-state index in [-0.39, 0.29) is 0 Å². The zero-order valence-electron chi connectivity index (χ0n) is 11.1. The van der Waals surface area contributed by atoms with Crippen molar-refractivity contribution in [3.05, 3.63) is 0 Å². The minimum absolute atomic E-state index is 0.778. The third kappa shape index (κ3) is 8.35. The topological polar surface area (TPSA) is 185 Å². The smallest absolute Gasteiger partial charge is 0.481 e. The average molecular weight is 322 g/mol. The second kappa shape index (κ2) is 9.15. The summed E-state index contributed by atoms with van der Waals surface area (Å²) in [6.07, 6.45) is -2.98. The number of carboxylic acids is 4. The Kier molecular flexibility index (Phi) is 7.97. The molecule has 0 saturated carbocycles. The summed E-state index contributed by atoms with van der Waals surface area (Å²) in [5.41, 5.74) is 0. The van der Waals surface area contributed by atoms with Crippen LogP contribution in [0.25, 0.3) is 0 Å². The highest BCUT2D eigenvalue weighted by atomic mass is 16.7. The number of carboxylic acid groups (broad SMARTS) is 4. The van der Waals surface area contributed by atoms with E-state index in [2.05, 4.69) is 9.47 Å². The van der Waals surface area contributed by atoms with Crippen molar-refractivity contribution in [2.24, 2.45) is 11.8 Å². The normalized spacial score (nSPS) is 12.7. The van der Waals surface area contributed by atoms with Gasteiger partial charge in [0.2, 0.25) is 0 Å². The Morgan fingerprint density at radius 3 is 1.23 bits per heavy atom. The van der Waals surface area contributed by atoms with Crippen molar-refractivity contribution in [3.63, 3.8) is 0 Å². The number of carbonyl (C=O) groups excluding carboxylic acids is 1. The first-order valence-electron chi connectivity index (χ1n) is 5.82. The predicted molar refractivity (Wildman–Crippen MR) is 64.1 cm³/mol. The lowest BCUT2D eigenvalue weighted by molar-refractivity contribution is -0.151. The molecule has 2 unspecified atom stereocenters. The molecule has 0 aromatic rings. The molecule has 0 aliphatic rings. The highest BCUT2D eigenvalue weighted by Crippen LogP contribution is 2.08. The molecule has 22 heavy (non-hydrogen) atoms. The molecule has 11 nitrogen and oxygen atoms in total. The largest absolute Gasteiger partial charge is 0.508 e. The van der Waals surface area contributed by atoms with Crippen LogP contribution in [-0.4, -0.2) is 63.7 Å². The van der Waals surface area contributed by atoms with Crippen molar-refractivity contribution in [2.45, 2.75) is 12.8 Å². The first-order valence-corrected chi connectivity index (χ1v) is 5.82. The molecule has 124 valence electrons. The third-order valence-electron chi connectivity index (χ3n) is 2.35. The molecule has 0 amide bonds. The van der Waals surface area contributed by atoms with Gasteiger partial charge < -0.3 is 29.9 Å². The van der Waals surface area contributed by atoms with Crippen LogP contribution in [0.2, 0.25) is 0 Å². The van der Waals surface area contributed by atoms with Gasteiger partial charge in [-0.25, -0.2) is 4.79 Å². The van der Waals surface area contributed by atoms with Crippen molar-refractivity contribution < 1.29 is 53.9 Å². The van der Waals surface area contributed by atoms with Crippen molar-refractivity contribution in [1.29, 1.82) is 0 Å². The van der Waals surface area contributed by atoms with Crippen LogP contribution in [0.5, 0.6) is 0 Å². The lowest BCUT2D eigenvalue weighted by Gasteiger charge is -2.13. The van der Waals surface area contributed by atoms with Crippen molar-refractivity contribution >= 4 is 30.0 Å². The molecule has 0 bridgehead atoms. The van der Waals surface area contributed by atoms with E-state index in [0.717, 1.165) is 0 Å². The summed E-state index contributed by atoms with van der Waals surface area (Å²) in [7, 11) is 0. The van der Waals surface area contributed by atoms with Crippen LogP contribution in [0.3, 0.4) is 0 Å². The SMILES string of the molecule is O=C(O)CC(COC(=O)OCC(CC(=O)O)C(=O)O)C(=O)O. The van der Waals surface area contributed by atoms with E-state index in [9.17, 15) is 24.0 Å². The van der Waals surface area contributed by atoms with E-state index in [1.807, 2.05) is 0 Å². The molecule has 0 aromatic heterocycles. The van der Waals surface area contributed by atoms with Crippen LogP contribution < -0.4 is 0 Å². The van der Waals surface area contributed by atoms with Gasteiger partial charge in [0.1, 0.15) is 25.0 Å². The van der Waals surface area contributed by atoms with Gasteiger partial charge in [-0.3, -0.25) is 19.2 Å². The number of ether oxygens (including phenoxy) is 2. The highest BCUT2D eigenvalue weighted by Gasteiger charge is 2.25. The van der Waals surface area contributed by atoms with Crippen LogP contribution in [0.1, 0.15) is 12.8 Å². The van der Waals surface area contributed by atoms with Crippen LogP contribution in [0, 0.1) is 11.8 Å². The van der Waals surface area contributed by atoms with Gasteiger partial charge in [-0.2, -0.15) is 0 Å². The van der Waals surface area contributed by atoms with Gasteiger partial charge in [-0.1, -0.05) is 0 Å². The van der Waals surface area contributed by atoms with Gasteiger partial charge in [0, 0.05) is 0 Å². The maximum Gasteiger partial charge on any atom is 0.508 e. The van der Waals surface area contributed by atoms with Gasteiger partial charge in [0.15, 0.2) is 0 Å². The first kappa shape index (κ1) is 19.1. The van der Waals surface area contributed by atoms with E-state index in [1.54, 1.807) is 0 Å². The monoisotopic (exact) mass is 322 g/mol. The summed E-state index contributed by atoms with van der Waals surface area (Å²) in [4.78, 5) is 53.3. The van der Waals surface area contributed by atoms with Crippen molar-refractivity contribution in [1.82, 2.24) is 0 Å². The molecule has 11 heteroatoms. The average Bonchev–Trinajstić information content (AvgIpc) is 2.37. The minimum atomic E-state index is -1.50. The molecular weight excluding hydrogens is 308 g/mol. The fourth-order valence-corrected chi connectivity index (χ4v) is 1.24. The van der Waals surface area contributed by atoms with Gasteiger partial charge in [-0.05, 0) is 0 Å². The third-order valence-corrected chi connectivity index (χ3v) is 2.35. The second-order valence-corrected chi connectivity index (χ2v) is 4.14. The minimum Gasteiger partial charge on any atom is -0.481 e. The van der Waals surface area contributed by atoms with Crippen molar-refractivity contribution in [2.75, 3.05) is 13.2 Å². The molecule has 0 radical (unpaired) electrons. The molecule has 0 fully saturated rings. The molecular formula is C11H14O11. The Balaban J connectivity index is 4.31. The predicted octanol–water partition coefficient (Wildman–Crippen LogP) is -0.509. The Bertz CT molecular complexity index is 415. The highest BCUT2D eigenvalue weighted by molar-refractivity contribution is 5.78. The Hall–Kier alpha value is -2.85. The summed E-state index contributed by atoms with van der Waals surface area (Å²) in [6.45, 7) is -1.56. The molecule has 0 spiro atoms. The van der Waals surface area contributed by atoms with E-state index in [1.165, 1.54) is 0 Å². The molecule has 0 saturated heterocycles. The second-order valence-electron chi connectivity index (χ2n) is 4.14. The molecule has 0 aromatic carbocycles. The Labute approximate surface area is 123 Å². The lowest BCUT2D eigenvalue weighted by atomic mass is 10.1. The van der Waals surface area contributed by atoms with Gasteiger partial charge in [-0.15, -0.1) is 0 Å². The first-order chi connectivity index (χ1) is 10.1. The molecule has 2 atom stereocenters. The van der Waals surface area contributed by atoms with E-state index >= 15 is 0 Å². The summed E-state index contributed by atoms with van der Waals surface area (Å²) in [5.74, 6) is -8.78. The summed E-state index contributed by atoms with van der Waals surface area (Å²) >= 11 is 0. The maximum atomic E-state index is 11.1. The summed E-state index contributed by atoms with van der Waals surface area (Å²) in [6, 6.07) is 0. The van der Waals surface area contributed by atoms with Crippen molar-refractivity contribution in [3.8, 4) is 0 Å². The molecule has 0 heterocycles. The van der Waals surface area contributed by atoms with E-state index < -0.39 is 67.9 Å². The van der Waals surface area contributed by atoms with Crippen LogP contribution in [0.4, 0.5) is 4.79 Å². The zero-order chi connectivity index (χ0) is 17.3. The zero-order valence-corrected chi connectivity index (χ0v) is 11.1. The Morgan fingerprint density at radius 2 is 1.00 bits per heavy atom. The summed E-state index contributed by atoms with van der Waals surface area (Å²) in [5, 5.41) is 34.3. The molecule has 4 N–H and O–H groups in total. The number of rotatable bonds is 10. The van der Waals surface area contributed by atoms with Gasteiger partial charge in [0.05, 0.1) is 12.8 Å². The fourth-order valence-electron chi connectivity index (χ4n) is 1.24.